The lowest BCUT2D eigenvalue weighted by atomic mass is 10.1. The van der Waals surface area contributed by atoms with Gasteiger partial charge in [0.2, 0.25) is 5.91 Å². The van der Waals surface area contributed by atoms with Gasteiger partial charge < -0.3 is 10.1 Å². The van der Waals surface area contributed by atoms with E-state index in [0.29, 0.717) is 16.4 Å². The smallest absolute Gasteiger partial charge is 0.268 e. The van der Waals surface area contributed by atoms with E-state index in [0.717, 1.165) is 21.0 Å². The van der Waals surface area contributed by atoms with E-state index in [1.807, 2.05) is 19.9 Å². The van der Waals surface area contributed by atoms with Gasteiger partial charge in [0.25, 0.3) is 10.0 Å². The molecule has 0 aliphatic heterocycles. The third kappa shape index (κ3) is 5.23. The van der Waals surface area contributed by atoms with Gasteiger partial charge in [-0.15, -0.1) is 0 Å². The Kier molecular flexibility index (Phi) is 7.11. The van der Waals surface area contributed by atoms with E-state index in [1.54, 1.807) is 55.5 Å². The molecule has 0 aliphatic carbocycles. The summed E-state index contributed by atoms with van der Waals surface area (Å²) in [4.78, 5) is 12.9. The molecular weight excluding hydrogens is 448 g/mol. The maximum Gasteiger partial charge on any atom is 0.268 e. The molecule has 0 saturated carbocycles. The first-order chi connectivity index (χ1) is 15.1. The number of rotatable bonds is 7. The minimum Gasteiger partial charge on any atom is -0.495 e. The van der Waals surface area contributed by atoms with E-state index in [1.165, 1.54) is 13.2 Å². The highest BCUT2D eigenvalue weighted by molar-refractivity contribution is 7.93. The monoisotopic (exact) mass is 472 g/mol. The van der Waals surface area contributed by atoms with Crippen molar-refractivity contribution >= 4 is 38.9 Å². The van der Waals surface area contributed by atoms with Gasteiger partial charge in [-0.05, 0) is 79.9 Å². The lowest BCUT2D eigenvalue weighted by Gasteiger charge is -2.26. The predicted molar refractivity (Wildman–Crippen MR) is 128 cm³/mol. The summed E-state index contributed by atoms with van der Waals surface area (Å²) in [6.07, 6.45) is 0. The normalized spacial score (nSPS) is 11.2. The van der Waals surface area contributed by atoms with Gasteiger partial charge in [-0.3, -0.25) is 9.10 Å². The number of carbonyl (C=O) groups excluding carboxylic acids is 1. The number of aryl methyl sites for hydroxylation is 3. The quantitative estimate of drug-likeness (QED) is 0.518. The molecule has 32 heavy (non-hydrogen) atoms. The van der Waals surface area contributed by atoms with Crippen LogP contribution in [0.1, 0.15) is 16.7 Å². The van der Waals surface area contributed by atoms with E-state index in [4.69, 9.17) is 16.3 Å². The largest absolute Gasteiger partial charge is 0.495 e. The van der Waals surface area contributed by atoms with E-state index >= 15 is 0 Å². The summed E-state index contributed by atoms with van der Waals surface area (Å²) >= 11 is 5.99. The Morgan fingerprint density at radius 2 is 1.75 bits per heavy atom. The zero-order chi connectivity index (χ0) is 23.5. The van der Waals surface area contributed by atoms with Crippen LogP contribution < -0.4 is 14.4 Å². The van der Waals surface area contributed by atoms with Crippen molar-refractivity contribution < 1.29 is 17.9 Å². The van der Waals surface area contributed by atoms with E-state index in [2.05, 4.69) is 5.32 Å². The van der Waals surface area contributed by atoms with Gasteiger partial charge in [-0.2, -0.15) is 0 Å². The maximum absolute atomic E-state index is 13.7. The van der Waals surface area contributed by atoms with Gasteiger partial charge in [-0.1, -0.05) is 29.8 Å². The fourth-order valence-electron chi connectivity index (χ4n) is 3.20. The highest BCUT2D eigenvalue weighted by atomic mass is 35.5. The lowest BCUT2D eigenvalue weighted by Crippen LogP contribution is -2.38. The molecule has 3 aromatic carbocycles. The van der Waals surface area contributed by atoms with Crippen LogP contribution in [0.25, 0.3) is 0 Å². The van der Waals surface area contributed by atoms with E-state index < -0.39 is 22.5 Å². The van der Waals surface area contributed by atoms with Crippen molar-refractivity contribution in [3.63, 3.8) is 0 Å². The third-order valence-electron chi connectivity index (χ3n) is 5.06. The van der Waals surface area contributed by atoms with E-state index in [-0.39, 0.29) is 10.6 Å². The molecule has 1 amide bonds. The average molecular weight is 473 g/mol. The van der Waals surface area contributed by atoms with Crippen LogP contribution in [0.2, 0.25) is 5.02 Å². The van der Waals surface area contributed by atoms with Crippen molar-refractivity contribution in [3.8, 4) is 5.75 Å². The topological polar surface area (TPSA) is 75.7 Å². The predicted octanol–water partition coefficient (Wildman–Crippen LogP) is 5.11. The van der Waals surface area contributed by atoms with Crippen LogP contribution in [-0.2, 0) is 14.8 Å². The minimum absolute atomic E-state index is 0.00576. The summed E-state index contributed by atoms with van der Waals surface area (Å²) in [5, 5.41) is 3.18. The number of anilines is 2. The standard InChI is InChI=1S/C24H25ClN2O4S/c1-16-8-11-22(31-4)23(12-16)32(29,30)27(21-10-9-17(2)18(3)13-21)15-24(28)26-20-7-5-6-19(25)14-20/h5-14H,15H2,1-4H3,(H,26,28). The first-order valence-electron chi connectivity index (χ1n) is 9.92. The Morgan fingerprint density at radius 1 is 1.00 bits per heavy atom. The molecule has 8 heteroatoms. The first-order valence-corrected chi connectivity index (χ1v) is 11.7. The molecule has 0 unspecified atom stereocenters. The molecule has 3 rings (SSSR count). The molecule has 0 fully saturated rings. The second-order valence-corrected chi connectivity index (χ2v) is 9.76. The number of ether oxygens (including phenoxy) is 1. The Labute approximate surface area is 193 Å². The Balaban J connectivity index is 2.05. The fourth-order valence-corrected chi connectivity index (χ4v) is 5.04. The second-order valence-electron chi connectivity index (χ2n) is 7.49. The van der Waals surface area contributed by atoms with Crippen molar-refractivity contribution in [2.24, 2.45) is 0 Å². The number of methoxy groups -OCH3 is 1. The van der Waals surface area contributed by atoms with Crippen molar-refractivity contribution in [3.05, 3.63) is 82.4 Å². The summed E-state index contributed by atoms with van der Waals surface area (Å²) in [6, 6.07) is 16.8. The van der Waals surface area contributed by atoms with Crippen LogP contribution >= 0.6 is 11.6 Å². The Bertz CT molecular complexity index is 1260. The van der Waals surface area contributed by atoms with Crippen LogP contribution in [0.15, 0.2) is 65.6 Å². The molecule has 1 N–H and O–H groups in total. The van der Waals surface area contributed by atoms with Crippen molar-refractivity contribution in [1.29, 1.82) is 0 Å². The number of hydrogen-bond donors (Lipinski definition) is 1. The van der Waals surface area contributed by atoms with Crippen LogP contribution in [-0.4, -0.2) is 28.0 Å². The Hall–Kier alpha value is -3.03. The maximum atomic E-state index is 13.7. The number of amides is 1. The molecule has 3 aromatic rings. The van der Waals surface area contributed by atoms with Crippen LogP contribution in [0.4, 0.5) is 11.4 Å². The number of sulfonamides is 1. The van der Waals surface area contributed by atoms with Gasteiger partial charge in [0.05, 0.1) is 12.8 Å². The molecule has 0 radical (unpaired) electrons. The molecule has 0 bridgehead atoms. The van der Waals surface area contributed by atoms with Crippen LogP contribution in [0, 0.1) is 20.8 Å². The summed E-state index contributed by atoms with van der Waals surface area (Å²) in [6.45, 7) is 5.20. The molecule has 6 nitrogen and oxygen atoms in total. The van der Waals surface area contributed by atoms with Gasteiger partial charge >= 0.3 is 0 Å². The third-order valence-corrected chi connectivity index (χ3v) is 7.09. The van der Waals surface area contributed by atoms with Crippen molar-refractivity contribution in [2.45, 2.75) is 25.7 Å². The molecule has 0 saturated heterocycles. The molecule has 0 atom stereocenters. The summed E-state index contributed by atoms with van der Waals surface area (Å²) in [5.41, 5.74) is 3.55. The first kappa shape index (κ1) is 23.6. The molecular formula is C24H25ClN2O4S. The summed E-state index contributed by atoms with van der Waals surface area (Å²) in [7, 11) is -2.71. The number of hydrogen-bond acceptors (Lipinski definition) is 4. The number of benzene rings is 3. The molecule has 0 spiro atoms. The van der Waals surface area contributed by atoms with Gasteiger partial charge in [-0.25, -0.2) is 8.42 Å². The van der Waals surface area contributed by atoms with Crippen LogP contribution in [0.5, 0.6) is 5.75 Å². The van der Waals surface area contributed by atoms with Crippen molar-refractivity contribution in [2.75, 3.05) is 23.3 Å². The SMILES string of the molecule is COc1ccc(C)cc1S(=O)(=O)N(CC(=O)Nc1cccc(Cl)c1)c1ccc(C)c(C)c1. The minimum atomic E-state index is -4.12. The second kappa shape index (κ2) is 9.63. The molecule has 0 aromatic heterocycles. The van der Waals surface area contributed by atoms with Gasteiger partial charge in [0, 0.05) is 10.7 Å². The molecule has 0 heterocycles. The molecule has 168 valence electrons. The highest BCUT2D eigenvalue weighted by Crippen LogP contribution is 2.31. The zero-order valence-electron chi connectivity index (χ0n) is 18.3. The highest BCUT2D eigenvalue weighted by Gasteiger charge is 2.30. The fraction of sp³-hybridized carbons (Fsp3) is 0.208. The van der Waals surface area contributed by atoms with Crippen LogP contribution in [0.3, 0.4) is 0 Å². The number of nitrogens with one attached hydrogen (secondary N) is 1. The van der Waals surface area contributed by atoms with Crippen molar-refractivity contribution in [1.82, 2.24) is 0 Å². The van der Waals surface area contributed by atoms with Gasteiger partial charge in [0.1, 0.15) is 17.2 Å². The number of carbonyl (C=O) groups is 1. The summed E-state index contributed by atoms with van der Waals surface area (Å²) < 4.78 is 33.9. The molecule has 0 aliphatic rings. The lowest BCUT2D eigenvalue weighted by molar-refractivity contribution is -0.114. The summed E-state index contributed by atoms with van der Waals surface area (Å²) in [5.74, 6) is -0.291. The van der Waals surface area contributed by atoms with E-state index in [9.17, 15) is 13.2 Å². The number of halogens is 1. The number of nitrogens with zero attached hydrogens (tertiary/aromatic N) is 1. The zero-order valence-corrected chi connectivity index (χ0v) is 19.9. The average Bonchev–Trinajstić information content (AvgIpc) is 2.74. The van der Waals surface area contributed by atoms with Gasteiger partial charge in [0.15, 0.2) is 0 Å². The Morgan fingerprint density at radius 3 is 2.41 bits per heavy atom.